The standard InChI is InChI=1S/C17H22N2O2/c20-15-9-13-4-5-14(10-15)19(13)17(21)12-3-6-16-11(8-12)2-1-7-18-16/h3,6,8,13-15,18,20H,1-2,4-5,7,9-10H2. The van der Waals surface area contributed by atoms with Gasteiger partial charge in [-0.05, 0) is 62.3 Å². The van der Waals surface area contributed by atoms with E-state index in [1.165, 1.54) is 11.3 Å². The number of fused-ring (bicyclic) bond motifs is 3. The van der Waals surface area contributed by atoms with Crippen LogP contribution in [0.3, 0.4) is 0 Å². The number of aliphatic hydroxyl groups is 1. The summed E-state index contributed by atoms with van der Waals surface area (Å²) in [6.07, 6.45) is 5.53. The summed E-state index contributed by atoms with van der Waals surface area (Å²) in [6, 6.07) is 6.53. The number of aliphatic hydroxyl groups excluding tert-OH is 1. The molecule has 1 amide bonds. The van der Waals surface area contributed by atoms with E-state index in [0.717, 1.165) is 50.6 Å². The van der Waals surface area contributed by atoms with Crippen LogP contribution >= 0.6 is 0 Å². The van der Waals surface area contributed by atoms with Gasteiger partial charge in [0.05, 0.1) is 6.10 Å². The summed E-state index contributed by atoms with van der Waals surface area (Å²) in [5.74, 6) is 0.155. The molecular weight excluding hydrogens is 264 g/mol. The number of carbonyl (C=O) groups is 1. The number of aryl methyl sites for hydroxylation is 1. The van der Waals surface area contributed by atoms with Crippen LogP contribution in [0, 0.1) is 0 Å². The highest BCUT2D eigenvalue weighted by molar-refractivity contribution is 5.95. The van der Waals surface area contributed by atoms with Crippen molar-refractivity contribution < 1.29 is 9.90 Å². The summed E-state index contributed by atoms with van der Waals surface area (Å²) in [5.41, 5.74) is 3.25. The largest absolute Gasteiger partial charge is 0.393 e. The summed E-state index contributed by atoms with van der Waals surface area (Å²) in [7, 11) is 0. The highest BCUT2D eigenvalue weighted by Gasteiger charge is 2.42. The number of amides is 1. The van der Waals surface area contributed by atoms with Gasteiger partial charge in [0.15, 0.2) is 0 Å². The number of hydrogen-bond acceptors (Lipinski definition) is 3. The van der Waals surface area contributed by atoms with Crippen LogP contribution in [0.2, 0.25) is 0 Å². The smallest absolute Gasteiger partial charge is 0.254 e. The lowest BCUT2D eigenvalue weighted by atomic mass is 9.97. The van der Waals surface area contributed by atoms with Crippen molar-refractivity contribution >= 4 is 11.6 Å². The summed E-state index contributed by atoms with van der Waals surface area (Å²) in [6.45, 7) is 1.02. The van der Waals surface area contributed by atoms with Crippen molar-refractivity contribution in [2.75, 3.05) is 11.9 Å². The quantitative estimate of drug-likeness (QED) is 0.832. The first-order valence-electron chi connectivity index (χ1n) is 8.10. The number of nitrogens with one attached hydrogen (secondary N) is 1. The maximum Gasteiger partial charge on any atom is 0.254 e. The highest BCUT2D eigenvalue weighted by atomic mass is 16.3. The summed E-state index contributed by atoms with van der Waals surface area (Å²) >= 11 is 0. The molecule has 2 atom stereocenters. The first-order valence-corrected chi connectivity index (χ1v) is 8.10. The van der Waals surface area contributed by atoms with Gasteiger partial charge in [0, 0.05) is 29.9 Å². The Kier molecular flexibility index (Phi) is 3.14. The summed E-state index contributed by atoms with van der Waals surface area (Å²) in [5, 5.41) is 13.3. The van der Waals surface area contributed by atoms with E-state index in [9.17, 15) is 9.90 Å². The Hall–Kier alpha value is -1.55. The minimum absolute atomic E-state index is 0.155. The van der Waals surface area contributed by atoms with E-state index in [2.05, 4.69) is 11.4 Å². The number of anilines is 1. The molecule has 2 N–H and O–H groups in total. The lowest BCUT2D eigenvalue weighted by Gasteiger charge is -2.37. The molecule has 3 heterocycles. The fraction of sp³-hybridized carbons (Fsp3) is 0.588. The molecule has 4 rings (SSSR count). The normalized spacial score (nSPS) is 30.7. The van der Waals surface area contributed by atoms with Crippen molar-refractivity contribution in [1.82, 2.24) is 4.90 Å². The lowest BCUT2D eigenvalue weighted by Crippen LogP contribution is -2.48. The third kappa shape index (κ3) is 2.22. The van der Waals surface area contributed by atoms with Gasteiger partial charge in [-0.15, -0.1) is 0 Å². The zero-order chi connectivity index (χ0) is 14.4. The highest BCUT2D eigenvalue weighted by Crippen LogP contribution is 2.37. The van der Waals surface area contributed by atoms with E-state index in [1.807, 2.05) is 17.0 Å². The van der Waals surface area contributed by atoms with E-state index in [4.69, 9.17) is 0 Å². The van der Waals surface area contributed by atoms with Crippen molar-refractivity contribution in [1.29, 1.82) is 0 Å². The Morgan fingerprint density at radius 2 is 2.00 bits per heavy atom. The topological polar surface area (TPSA) is 52.6 Å². The van der Waals surface area contributed by atoms with Crippen LogP contribution in [0.5, 0.6) is 0 Å². The third-order valence-electron chi connectivity index (χ3n) is 5.23. The van der Waals surface area contributed by atoms with Crippen LogP contribution in [-0.4, -0.2) is 40.6 Å². The molecular formula is C17H22N2O2. The maximum atomic E-state index is 12.9. The summed E-state index contributed by atoms with van der Waals surface area (Å²) in [4.78, 5) is 14.9. The maximum absolute atomic E-state index is 12.9. The second-order valence-electron chi connectivity index (χ2n) is 6.62. The lowest BCUT2D eigenvalue weighted by molar-refractivity contribution is 0.0287. The van der Waals surface area contributed by atoms with Gasteiger partial charge in [-0.1, -0.05) is 0 Å². The molecule has 3 aliphatic heterocycles. The molecule has 0 spiro atoms. The average Bonchev–Trinajstić information content (AvgIpc) is 2.78. The molecule has 2 fully saturated rings. The van der Waals surface area contributed by atoms with Crippen molar-refractivity contribution in [2.45, 2.75) is 56.7 Å². The molecule has 21 heavy (non-hydrogen) atoms. The van der Waals surface area contributed by atoms with Gasteiger partial charge < -0.3 is 15.3 Å². The number of nitrogens with zero attached hydrogens (tertiary/aromatic N) is 1. The molecule has 0 aliphatic carbocycles. The Labute approximate surface area is 125 Å². The molecule has 2 saturated heterocycles. The molecule has 2 bridgehead atoms. The number of piperidine rings is 1. The van der Waals surface area contributed by atoms with Crippen LogP contribution in [0.25, 0.3) is 0 Å². The molecule has 0 radical (unpaired) electrons. The molecule has 4 heteroatoms. The molecule has 1 aromatic rings. The zero-order valence-corrected chi connectivity index (χ0v) is 12.2. The van der Waals surface area contributed by atoms with E-state index < -0.39 is 0 Å². The van der Waals surface area contributed by atoms with Gasteiger partial charge in [-0.25, -0.2) is 0 Å². The number of rotatable bonds is 1. The minimum atomic E-state index is -0.223. The molecule has 4 nitrogen and oxygen atoms in total. The Morgan fingerprint density at radius 3 is 2.76 bits per heavy atom. The van der Waals surface area contributed by atoms with Crippen LogP contribution in [0.15, 0.2) is 18.2 Å². The number of hydrogen-bond donors (Lipinski definition) is 2. The second kappa shape index (κ2) is 5.02. The molecule has 1 aromatic carbocycles. The first-order chi connectivity index (χ1) is 10.2. The Morgan fingerprint density at radius 1 is 1.24 bits per heavy atom. The molecule has 0 saturated carbocycles. The van der Waals surface area contributed by atoms with Crippen LogP contribution < -0.4 is 5.32 Å². The van der Waals surface area contributed by atoms with Gasteiger partial charge in [0.2, 0.25) is 0 Å². The SMILES string of the molecule is O=C(c1ccc2c(c1)CCCN2)N1C2CCC1CC(O)C2. The fourth-order valence-electron chi connectivity index (χ4n) is 4.24. The van der Waals surface area contributed by atoms with Crippen LogP contribution in [-0.2, 0) is 6.42 Å². The van der Waals surface area contributed by atoms with Gasteiger partial charge >= 0.3 is 0 Å². The van der Waals surface area contributed by atoms with E-state index >= 15 is 0 Å². The minimum Gasteiger partial charge on any atom is -0.393 e. The molecule has 112 valence electrons. The van der Waals surface area contributed by atoms with Gasteiger partial charge in [0.25, 0.3) is 5.91 Å². The predicted octanol–water partition coefficient (Wildman–Crippen LogP) is 2.17. The Bertz CT molecular complexity index is 558. The first kappa shape index (κ1) is 13.1. The van der Waals surface area contributed by atoms with Gasteiger partial charge in [0.1, 0.15) is 0 Å². The van der Waals surface area contributed by atoms with Crippen LogP contribution in [0.4, 0.5) is 5.69 Å². The average molecular weight is 286 g/mol. The van der Waals surface area contributed by atoms with Crippen molar-refractivity contribution in [3.05, 3.63) is 29.3 Å². The van der Waals surface area contributed by atoms with E-state index in [0.29, 0.717) is 0 Å². The van der Waals surface area contributed by atoms with Crippen LogP contribution in [0.1, 0.15) is 48.0 Å². The molecule has 3 aliphatic rings. The molecule has 2 unspecified atom stereocenters. The van der Waals surface area contributed by atoms with Crippen molar-refractivity contribution in [3.63, 3.8) is 0 Å². The van der Waals surface area contributed by atoms with Gasteiger partial charge in [-0.2, -0.15) is 0 Å². The third-order valence-corrected chi connectivity index (χ3v) is 5.23. The van der Waals surface area contributed by atoms with E-state index in [-0.39, 0.29) is 24.1 Å². The monoisotopic (exact) mass is 286 g/mol. The van der Waals surface area contributed by atoms with E-state index in [1.54, 1.807) is 0 Å². The molecule has 0 aromatic heterocycles. The van der Waals surface area contributed by atoms with Gasteiger partial charge in [-0.3, -0.25) is 4.79 Å². The van der Waals surface area contributed by atoms with Crippen molar-refractivity contribution in [3.8, 4) is 0 Å². The fourth-order valence-corrected chi connectivity index (χ4v) is 4.24. The van der Waals surface area contributed by atoms with Crippen molar-refractivity contribution in [2.24, 2.45) is 0 Å². The zero-order valence-electron chi connectivity index (χ0n) is 12.2. The predicted molar refractivity (Wildman–Crippen MR) is 81.5 cm³/mol. The Balaban J connectivity index is 1.60. The second-order valence-corrected chi connectivity index (χ2v) is 6.62. The number of carbonyl (C=O) groups excluding carboxylic acids is 1. The summed E-state index contributed by atoms with van der Waals surface area (Å²) < 4.78 is 0. The number of benzene rings is 1.